The fraction of sp³-hybridized carbons (Fsp3) is 0.318. The molecule has 0 amide bonds. The molecule has 28 heavy (non-hydrogen) atoms. The third-order valence-electron chi connectivity index (χ3n) is 4.22. The lowest BCUT2D eigenvalue weighted by atomic mass is 9.98. The first-order valence-electron chi connectivity index (χ1n) is 9.52. The smallest absolute Gasteiger partial charge is 0.249 e. The summed E-state index contributed by atoms with van der Waals surface area (Å²) in [4.78, 5) is 4.55. The standard InChI is InChI=1S/C22H27N5O/c1-14(2)19-8-6-7-16(5)21(19)25-20-13-23-27-22(26-20)24-17-9-11-18(12-10-17)28-15(3)4/h6-15H,1-5H3,(H2,24,25,26,27). The largest absolute Gasteiger partial charge is 0.491 e. The molecule has 6 nitrogen and oxygen atoms in total. The maximum atomic E-state index is 5.67. The molecule has 0 unspecified atom stereocenters. The van der Waals surface area contributed by atoms with Crippen LogP contribution in [0, 0.1) is 6.92 Å². The van der Waals surface area contributed by atoms with E-state index < -0.39 is 0 Å². The van der Waals surface area contributed by atoms with Crippen LogP contribution in [0.1, 0.15) is 44.7 Å². The van der Waals surface area contributed by atoms with Crippen LogP contribution in [-0.2, 0) is 0 Å². The van der Waals surface area contributed by atoms with Gasteiger partial charge in [0.2, 0.25) is 5.95 Å². The Hall–Kier alpha value is -3.15. The van der Waals surface area contributed by atoms with Crippen LogP contribution in [-0.4, -0.2) is 21.3 Å². The number of ether oxygens (including phenoxy) is 1. The minimum absolute atomic E-state index is 0.145. The Kier molecular flexibility index (Phi) is 6.09. The number of anilines is 4. The van der Waals surface area contributed by atoms with Gasteiger partial charge in [-0.05, 0) is 62.1 Å². The fourth-order valence-electron chi connectivity index (χ4n) is 2.91. The van der Waals surface area contributed by atoms with E-state index in [4.69, 9.17) is 4.74 Å². The Morgan fingerprint density at radius 1 is 0.929 bits per heavy atom. The van der Waals surface area contributed by atoms with Gasteiger partial charge >= 0.3 is 0 Å². The summed E-state index contributed by atoms with van der Waals surface area (Å²) in [6, 6.07) is 14.0. The number of nitrogens with one attached hydrogen (secondary N) is 2. The molecule has 0 saturated heterocycles. The van der Waals surface area contributed by atoms with Crippen molar-refractivity contribution in [3.8, 4) is 5.75 Å². The lowest BCUT2D eigenvalue weighted by Gasteiger charge is -2.17. The second kappa shape index (κ2) is 8.69. The van der Waals surface area contributed by atoms with Crippen LogP contribution < -0.4 is 15.4 Å². The topological polar surface area (TPSA) is 72.0 Å². The lowest BCUT2D eigenvalue weighted by molar-refractivity contribution is 0.242. The predicted octanol–water partition coefficient (Wildman–Crippen LogP) is 5.58. The second-order valence-corrected chi connectivity index (χ2v) is 7.30. The van der Waals surface area contributed by atoms with Crippen molar-refractivity contribution in [1.82, 2.24) is 15.2 Å². The summed E-state index contributed by atoms with van der Waals surface area (Å²) in [5.74, 6) is 2.31. The van der Waals surface area contributed by atoms with Crippen molar-refractivity contribution < 1.29 is 4.74 Å². The Balaban J connectivity index is 1.76. The number of rotatable bonds is 7. The number of aryl methyl sites for hydroxylation is 1. The van der Waals surface area contributed by atoms with Gasteiger partial charge in [-0.25, -0.2) is 0 Å². The van der Waals surface area contributed by atoms with E-state index in [-0.39, 0.29) is 6.10 Å². The maximum Gasteiger partial charge on any atom is 0.249 e. The van der Waals surface area contributed by atoms with Crippen LogP contribution in [0.15, 0.2) is 48.7 Å². The molecule has 0 atom stereocenters. The Labute approximate surface area is 166 Å². The molecule has 0 aliphatic carbocycles. The van der Waals surface area contributed by atoms with E-state index in [2.05, 4.69) is 64.8 Å². The normalized spacial score (nSPS) is 11.0. The van der Waals surface area contributed by atoms with Crippen molar-refractivity contribution in [3.05, 3.63) is 59.8 Å². The average molecular weight is 377 g/mol. The lowest BCUT2D eigenvalue weighted by Crippen LogP contribution is -2.06. The van der Waals surface area contributed by atoms with Crippen molar-refractivity contribution >= 4 is 23.1 Å². The third kappa shape index (κ3) is 4.97. The monoisotopic (exact) mass is 377 g/mol. The molecular weight excluding hydrogens is 350 g/mol. The van der Waals surface area contributed by atoms with E-state index in [1.54, 1.807) is 6.20 Å². The van der Waals surface area contributed by atoms with Crippen LogP contribution >= 0.6 is 0 Å². The summed E-state index contributed by atoms with van der Waals surface area (Å²) in [6.07, 6.45) is 1.77. The van der Waals surface area contributed by atoms with Gasteiger partial charge in [0.1, 0.15) is 5.75 Å². The zero-order chi connectivity index (χ0) is 20.1. The minimum Gasteiger partial charge on any atom is -0.491 e. The molecule has 0 radical (unpaired) electrons. The average Bonchev–Trinajstić information content (AvgIpc) is 2.65. The molecule has 3 aromatic rings. The van der Waals surface area contributed by atoms with E-state index in [1.807, 2.05) is 38.1 Å². The molecule has 2 N–H and O–H groups in total. The Bertz CT molecular complexity index is 922. The van der Waals surface area contributed by atoms with Gasteiger partial charge in [0.05, 0.1) is 12.3 Å². The molecule has 0 spiro atoms. The molecule has 0 bridgehead atoms. The summed E-state index contributed by atoms with van der Waals surface area (Å²) in [5, 5.41) is 14.7. The van der Waals surface area contributed by atoms with Crippen molar-refractivity contribution in [2.24, 2.45) is 0 Å². The van der Waals surface area contributed by atoms with Gasteiger partial charge in [0, 0.05) is 11.4 Å². The van der Waals surface area contributed by atoms with Crippen LogP contribution in [0.4, 0.5) is 23.1 Å². The molecule has 0 fully saturated rings. The molecular formula is C22H27N5O. The van der Waals surface area contributed by atoms with Gasteiger partial charge in [0.25, 0.3) is 0 Å². The van der Waals surface area contributed by atoms with Gasteiger partial charge in [-0.2, -0.15) is 10.1 Å². The number of hydrogen-bond acceptors (Lipinski definition) is 6. The second-order valence-electron chi connectivity index (χ2n) is 7.30. The zero-order valence-corrected chi connectivity index (χ0v) is 17.0. The number of aromatic nitrogens is 3. The van der Waals surface area contributed by atoms with Crippen LogP contribution in [0.3, 0.4) is 0 Å². The molecule has 6 heteroatoms. The molecule has 0 aliphatic rings. The minimum atomic E-state index is 0.145. The molecule has 2 aromatic carbocycles. The molecule has 3 rings (SSSR count). The van der Waals surface area contributed by atoms with Crippen molar-refractivity contribution in [2.45, 2.75) is 46.6 Å². The summed E-state index contributed by atoms with van der Waals surface area (Å²) < 4.78 is 5.67. The maximum absolute atomic E-state index is 5.67. The van der Waals surface area contributed by atoms with Gasteiger partial charge < -0.3 is 15.4 Å². The van der Waals surface area contributed by atoms with E-state index in [0.29, 0.717) is 17.7 Å². The molecule has 146 valence electrons. The van der Waals surface area contributed by atoms with Crippen LogP contribution in [0.25, 0.3) is 0 Å². The fourth-order valence-corrected chi connectivity index (χ4v) is 2.91. The van der Waals surface area contributed by atoms with E-state index in [0.717, 1.165) is 17.1 Å². The summed E-state index contributed by atoms with van der Waals surface area (Å²) >= 11 is 0. The molecule has 0 saturated carbocycles. The first-order valence-corrected chi connectivity index (χ1v) is 9.52. The summed E-state index contributed by atoms with van der Waals surface area (Å²) in [7, 11) is 0. The van der Waals surface area contributed by atoms with Gasteiger partial charge in [-0.15, -0.1) is 5.10 Å². The predicted molar refractivity (Wildman–Crippen MR) is 114 cm³/mol. The van der Waals surface area contributed by atoms with Crippen LogP contribution in [0.2, 0.25) is 0 Å². The van der Waals surface area contributed by atoms with E-state index in [9.17, 15) is 0 Å². The highest BCUT2D eigenvalue weighted by atomic mass is 16.5. The number of para-hydroxylation sites is 1. The molecule has 1 heterocycles. The molecule has 1 aromatic heterocycles. The first-order chi connectivity index (χ1) is 13.4. The van der Waals surface area contributed by atoms with Crippen molar-refractivity contribution in [1.29, 1.82) is 0 Å². The van der Waals surface area contributed by atoms with Crippen molar-refractivity contribution in [2.75, 3.05) is 10.6 Å². The number of hydrogen-bond donors (Lipinski definition) is 2. The Morgan fingerprint density at radius 2 is 1.68 bits per heavy atom. The Morgan fingerprint density at radius 3 is 2.36 bits per heavy atom. The quantitative estimate of drug-likeness (QED) is 0.560. The number of benzene rings is 2. The first kappa shape index (κ1) is 19.6. The summed E-state index contributed by atoms with van der Waals surface area (Å²) in [5.41, 5.74) is 4.35. The highest BCUT2D eigenvalue weighted by Crippen LogP contribution is 2.29. The molecule has 0 aliphatic heterocycles. The number of nitrogens with zero attached hydrogens (tertiary/aromatic N) is 3. The van der Waals surface area contributed by atoms with Gasteiger partial charge in [-0.1, -0.05) is 32.0 Å². The van der Waals surface area contributed by atoms with Gasteiger partial charge in [-0.3, -0.25) is 0 Å². The van der Waals surface area contributed by atoms with Gasteiger partial charge in [0.15, 0.2) is 5.82 Å². The van der Waals surface area contributed by atoms with E-state index >= 15 is 0 Å². The zero-order valence-electron chi connectivity index (χ0n) is 17.0. The van der Waals surface area contributed by atoms with Crippen LogP contribution in [0.5, 0.6) is 5.75 Å². The third-order valence-corrected chi connectivity index (χ3v) is 4.22. The highest BCUT2D eigenvalue weighted by Gasteiger charge is 2.11. The highest BCUT2D eigenvalue weighted by molar-refractivity contribution is 5.66. The summed E-state index contributed by atoms with van der Waals surface area (Å²) in [6.45, 7) is 10.4. The SMILES string of the molecule is Cc1cccc(C(C)C)c1Nc1cnnc(Nc2ccc(OC(C)C)cc2)n1. The van der Waals surface area contributed by atoms with E-state index in [1.165, 1.54) is 11.1 Å². The van der Waals surface area contributed by atoms with Crippen molar-refractivity contribution in [3.63, 3.8) is 0 Å².